The van der Waals surface area contributed by atoms with Crippen LogP contribution in [-0.2, 0) is 30.1 Å². The predicted octanol–water partition coefficient (Wildman–Crippen LogP) is -3.47. The van der Waals surface area contributed by atoms with Crippen molar-refractivity contribution in [1.29, 1.82) is 0 Å². The Morgan fingerprint density at radius 2 is 0.857 bits per heavy atom. The smallest absolute Gasteiger partial charge is 0.226 e. The van der Waals surface area contributed by atoms with E-state index in [2.05, 4.69) is 15.4 Å². The maximum atomic E-state index is 10.8. The lowest BCUT2D eigenvalue weighted by atomic mass is 10.9. The summed E-state index contributed by atoms with van der Waals surface area (Å²) >= 11 is 0. The van der Waals surface area contributed by atoms with E-state index in [9.17, 15) is 25.3 Å². The van der Waals surface area contributed by atoms with Crippen molar-refractivity contribution in [2.45, 2.75) is 10.3 Å². The van der Waals surface area contributed by atoms with E-state index in [1.807, 2.05) is 0 Å². The lowest BCUT2D eigenvalue weighted by Crippen LogP contribution is -2.58. The van der Waals surface area contributed by atoms with Crippen LogP contribution in [0.25, 0.3) is 0 Å². The van der Waals surface area contributed by atoms with Crippen LogP contribution in [0.5, 0.6) is 0 Å². The van der Waals surface area contributed by atoms with Gasteiger partial charge in [-0.3, -0.25) is 0 Å². The highest BCUT2D eigenvalue weighted by Crippen LogP contribution is 2.24. The Morgan fingerprint density at radius 3 is 0.857 bits per heavy atom. The summed E-state index contributed by atoms with van der Waals surface area (Å²) in [6, 6.07) is 0. The van der Waals surface area contributed by atoms with Gasteiger partial charge in [0.1, 0.15) is 0 Å². The molecule has 0 radical (unpaired) electrons. The van der Waals surface area contributed by atoms with Crippen LogP contribution in [0.2, 0.25) is 0 Å². The van der Waals surface area contributed by atoms with E-state index in [1.165, 1.54) is 0 Å². The third kappa shape index (κ3) is 1.89. The molecule has 0 amide bonds. The fourth-order valence-electron chi connectivity index (χ4n) is 0.486. The maximum absolute atomic E-state index is 10.8. The topological polar surface area (TPSA) is 180 Å². The van der Waals surface area contributed by atoms with Gasteiger partial charge in [0.05, 0.1) is 0 Å². The first-order valence-corrected chi connectivity index (χ1v) is 7.46. The minimum Gasteiger partial charge on any atom is -0.226 e. The number of hydrogen-bond donors (Lipinski definition) is 3. The van der Waals surface area contributed by atoms with Gasteiger partial charge in [-0.25, -0.2) is 40.7 Å². The van der Waals surface area contributed by atoms with Gasteiger partial charge in [-0.1, -0.05) is 0 Å². The quantitative estimate of drug-likeness (QED) is 0.477. The summed E-state index contributed by atoms with van der Waals surface area (Å²) in [7, 11) is -15.0. The molecule has 0 aliphatic carbocycles. The Labute approximate surface area is 81.4 Å². The van der Waals surface area contributed by atoms with Crippen molar-refractivity contribution in [1.82, 2.24) is 0 Å². The molecule has 0 bridgehead atoms. The first-order chi connectivity index (χ1) is 5.75. The molecule has 0 spiro atoms. The van der Waals surface area contributed by atoms with Gasteiger partial charge in [0.2, 0.25) is 30.1 Å². The van der Waals surface area contributed by atoms with Crippen molar-refractivity contribution in [3.8, 4) is 0 Å². The summed E-state index contributed by atoms with van der Waals surface area (Å²) in [6.45, 7) is 0.299. The van der Waals surface area contributed by atoms with E-state index in [-0.39, 0.29) is 0 Å². The van der Waals surface area contributed by atoms with Crippen LogP contribution in [-0.4, -0.2) is 28.7 Å². The van der Waals surface area contributed by atoms with E-state index in [1.54, 1.807) is 0 Å². The molecule has 12 heteroatoms. The van der Waals surface area contributed by atoms with Gasteiger partial charge in [-0.15, -0.1) is 0 Å². The molecule has 0 saturated heterocycles. The second-order valence-electron chi connectivity index (χ2n) is 2.50. The highest BCUT2D eigenvalue weighted by molar-refractivity contribution is 8.23. The Kier molecular flexibility index (Phi) is 3.05. The van der Waals surface area contributed by atoms with Crippen LogP contribution in [0.15, 0.2) is 0 Å². The highest BCUT2D eigenvalue weighted by Gasteiger charge is 2.57. The third-order valence-corrected chi connectivity index (χ3v) is 8.83. The lowest BCUT2D eigenvalue weighted by molar-refractivity contribution is 0.556. The second-order valence-corrected chi connectivity index (χ2v) is 8.99. The van der Waals surface area contributed by atoms with Gasteiger partial charge in [-0.05, 0) is 6.92 Å². The molecule has 0 aromatic carbocycles. The molecule has 0 unspecified atom stereocenters. The van der Waals surface area contributed by atoms with Crippen molar-refractivity contribution in [2.24, 2.45) is 15.4 Å². The van der Waals surface area contributed by atoms with E-state index in [0.717, 1.165) is 0 Å². The van der Waals surface area contributed by atoms with Gasteiger partial charge >= 0.3 is 3.41 Å². The standard InChI is InChI=1S/C2H9N3O6S3/c1-2(12(3,6)7,13(4,8)9)14(5,10)11/h1H3,(H2,3,6,7)(H2,4,8,9)(H2,5,10,11). The largest absolute Gasteiger partial charge is 0.309 e. The van der Waals surface area contributed by atoms with Crippen molar-refractivity contribution < 1.29 is 25.3 Å². The monoisotopic (exact) mass is 267 g/mol. The summed E-state index contributed by atoms with van der Waals surface area (Å²) in [5.41, 5.74) is 0. The zero-order valence-electron chi connectivity index (χ0n) is 6.91. The van der Waals surface area contributed by atoms with Gasteiger partial charge in [0, 0.05) is 0 Å². The first kappa shape index (κ1) is 13.7. The average molecular weight is 267 g/mol. The SMILES string of the molecule is CC(S(N)(=O)=O)(S(N)(=O)=O)S(N)(=O)=O. The molecule has 0 aromatic rings. The van der Waals surface area contributed by atoms with E-state index >= 15 is 0 Å². The van der Waals surface area contributed by atoms with Gasteiger partial charge in [-0.2, -0.15) is 0 Å². The molecule has 0 rings (SSSR count). The molecular formula is C2H9N3O6S3. The van der Waals surface area contributed by atoms with E-state index in [0.29, 0.717) is 6.92 Å². The van der Waals surface area contributed by atoms with Crippen molar-refractivity contribution in [2.75, 3.05) is 0 Å². The minimum atomic E-state index is -5.01. The molecule has 0 fully saturated rings. The summed E-state index contributed by atoms with van der Waals surface area (Å²) in [6.07, 6.45) is 0. The fraction of sp³-hybridized carbons (Fsp3) is 1.00. The van der Waals surface area contributed by atoms with Crippen molar-refractivity contribution >= 4 is 30.1 Å². The summed E-state index contributed by atoms with van der Waals surface area (Å²) in [5.74, 6) is 0. The van der Waals surface area contributed by atoms with Crippen molar-refractivity contribution in [3.05, 3.63) is 0 Å². The minimum absolute atomic E-state index is 0.299. The highest BCUT2D eigenvalue weighted by atomic mass is 32.3. The molecule has 6 N–H and O–H groups in total. The molecule has 0 aromatic heterocycles. The molecule has 0 aliphatic rings. The number of hydrogen-bond acceptors (Lipinski definition) is 6. The Balaban J connectivity index is 6.41. The Morgan fingerprint density at radius 1 is 0.714 bits per heavy atom. The second kappa shape index (κ2) is 3.11. The number of sulfonamides is 3. The average Bonchev–Trinajstić information content (AvgIpc) is 1.77. The van der Waals surface area contributed by atoms with Crippen LogP contribution < -0.4 is 15.4 Å². The number of rotatable bonds is 3. The van der Waals surface area contributed by atoms with Crippen LogP contribution in [0.4, 0.5) is 0 Å². The Bertz CT molecular complexity index is 446. The van der Waals surface area contributed by atoms with E-state index in [4.69, 9.17) is 0 Å². The summed E-state index contributed by atoms with van der Waals surface area (Å²) in [4.78, 5) is 0. The lowest BCUT2D eigenvalue weighted by Gasteiger charge is -2.21. The molecule has 9 nitrogen and oxygen atoms in total. The maximum Gasteiger partial charge on any atom is 0.309 e. The molecule has 0 saturated carbocycles. The zero-order chi connectivity index (χ0) is 12.0. The third-order valence-electron chi connectivity index (χ3n) is 1.55. The van der Waals surface area contributed by atoms with Crippen molar-refractivity contribution in [3.63, 3.8) is 0 Å². The van der Waals surface area contributed by atoms with Gasteiger partial charge in [0.25, 0.3) is 0 Å². The summed E-state index contributed by atoms with van der Waals surface area (Å²) in [5, 5.41) is 13.3. The summed E-state index contributed by atoms with van der Waals surface area (Å²) < 4.78 is 61.4. The normalized spacial score (nSPS) is 15.4. The Hall–Kier alpha value is -0.270. The molecule has 0 aliphatic heterocycles. The number of primary sulfonamides is 3. The fourth-order valence-corrected chi connectivity index (χ4v) is 4.37. The number of nitrogens with two attached hydrogens (primary N) is 3. The first-order valence-electron chi connectivity index (χ1n) is 2.82. The van der Waals surface area contributed by atoms with Gasteiger partial charge < -0.3 is 0 Å². The van der Waals surface area contributed by atoms with E-state index < -0.39 is 33.5 Å². The predicted molar refractivity (Wildman–Crippen MR) is 47.7 cm³/mol. The zero-order valence-corrected chi connectivity index (χ0v) is 9.36. The van der Waals surface area contributed by atoms with Crippen LogP contribution in [0.3, 0.4) is 0 Å². The van der Waals surface area contributed by atoms with Crippen LogP contribution in [0.1, 0.15) is 6.92 Å². The van der Waals surface area contributed by atoms with Gasteiger partial charge in [0.15, 0.2) is 0 Å². The molecule has 14 heavy (non-hydrogen) atoms. The molecule has 86 valence electrons. The molecular weight excluding hydrogens is 258 g/mol. The van der Waals surface area contributed by atoms with Crippen LogP contribution in [0, 0.1) is 0 Å². The van der Waals surface area contributed by atoms with Crippen LogP contribution >= 0.6 is 0 Å². The molecule has 0 heterocycles. The molecule has 0 atom stereocenters.